The number of nitrogens with zero attached hydrogens (tertiary/aromatic N) is 2. The average Bonchev–Trinajstić information content (AvgIpc) is 3.23. The van der Waals surface area contributed by atoms with Crippen LogP contribution in [0.25, 0.3) is 11.5 Å². The van der Waals surface area contributed by atoms with Crippen LogP contribution in [0.2, 0.25) is 0 Å². The Morgan fingerprint density at radius 1 is 0.943 bits per heavy atom. The molecule has 0 unspecified atom stereocenters. The van der Waals surface area contributed by atoms with Gasteiger partial charge in [0.1, 0.15) is 23.0 Å². The van der Waals surface area contributed by atoms with Gasteiger partial charge in [0.2, 0.25) is 5.89 Å². The summed E-state index contributed by atoms with van der Waals surface area (Å²) in [6.45, 7) is 6.17. The van der Waals surface area contributed by atoms with Crippen LogP contribution < -0.4 is 13.8 Å². The SMILES string of the molecule is CCOc1ccc(-c2nc(CN(c3ccccc3OC)S(=O)(=O)c3ccc(C)cc3)c(C)o2)cc1. The first kappa shape index (κ1) is 24.3. The van der Waals surface area contributed by atoms with Gasteiger partial charge < -0.3 is 13.9 Å². The van der Waals surface area contributed by atoms with Crippen molar-refractivity contribution in [2.45, 2.75) is 32.2 Å². The van der Waals surface area contributed by atoms with Gasteiger partial charge in [-0.05, 0) is 69.3 Å². The van der Waals surface area contributed by atoms with Crippen molar-refractivity contribution in [2.75, 3.05) is 18.0 Å². The molecular formula is C27H28N2O5S. The number of hydrogen-bond acceptors (Lipinski definition) is 6. The van der Waals surface area contributed by atoms with Crippen molar-refractivity contribution in [1.82, 2.24) is 4.98 Å². The third-order valence-electron chi connectivity index (χ3n) is 5.56. The fraction of sp³-hybridized carbons (Fsp3) is 0.222. The first-order chi connectivity index (χ1) is 16.8. The van der Waals surface area contributed by atoms with Crippen LogP contribution >= 0.6 is 0 Å². The number of benzene rings is 3. The molecule has 1 heterocycles. The largest absolute Gasteiger partial charge is 0.495 e. The maximum absolute atomic E-state index is 13.8. The van der Waals surface area contributed by atoms with Gasteiger partial charge in [0, 0.05) is 5.56 Å². The first-order valence-corrected chi connectivity index (χ1v) is 12.7. The van der Waals surface area contributed by atoms with Crippen LogP contribution in [0.15, 0.2) is 82.1 Å². The third-order valence-corrected chi connectivity index (χ3v) is 7.34. The molecule has 0 amide bonds. The lowest BCUT2D eigenvalue weighted by Crippen LogP contribution is -2.31. The third kappa shape index (κ3) is 5.17. The summed E-state index contributed by atoms with van der Waals surface area (Å²) in [6, 6.07) is 21.2. The van der Waals surface area contributed by atoms with Crippen molar-refractivity contribution in [1.29, 1.82) is 0 Å². The average molecular weight is 493 g/mol. The fourth-order valence-corrected chi connectivity index (χ4v) is 5.10. The highest BCUT2D eigenvalue weighted by molar-refractivity contribution is 7.92. The van der Waals surface area contributed by atoms with Gasteiger partial charge in [-0.15, -0.1) is 0 Å². The molecule has 0 saturated carbocycles. The second-order valence-electron chi connectivity index (χ2n) is 7.98. The van der Waals surface area contributed by atoms with Crippen LogP contribution in [0.5, 0.6) is 11.5 Å². The molecular weight excluding hydrogens is 464 g/mol. The number of oxazole rings is 1. The minimum absolute atomic E-state index is 0.0249. The molecule has 0 spiro atoms. The Morgan fingerprint density at radius 2 is 1.63 bits per heavy atom. The van der Waals surface area contributed by atoms with E-state index in [1.54, 1.807) is 55.5 Å². The molecule has 4 rings (SSSR count). The van der Waals surface area contributed by atoms with E-state index in [1.165, 1.54) is 11.4 Å². The van der Waals surface area contributed by atoms with Crippen LogP contribution in [0.4, 0.5) is 5.69 Å². The molecule has 0 aliphatic carbocycles. The quantitative estimate of drug-likeness (QED) is 0.295. The lowest BCUT2D eigenvalue weighted by atomic mass is 10.2. The Hall–Kier alpha value is -3.78. The number of sulfonamides is 1. The van der Waals surface area contributed by atoms with E-state index in [2.05, 4.69) is 4.98 Å². The predicted octanol–water partition coefficient (Wildman–Crippen LogP) is 5.76. The van der Waals surface area contributed by atoms with Gasteiger partial charge in [0.15, 0.2) is 0 Å². The number of aromatic nitrogens is 1. The molecule has 182 valence electrons. The minimum atomic E-state index is -3.93. The highest BCUT2D eigenvalue weighted by atomic mass is 32.2. The first-order valence-electron chi connectivity index (χ1n) is 11.3. The number of aryl methyl sites for hydroxylation is 2. The summed E-state index contributed by atoms with van der Waals surface area (Å²) in [5, 5.41) is 0. The normalized spacial score (nSPS) is 11.3. The highest BCUT2D eigenvalue weighted by Gasteiger charge is 2.29. The topological polar surface area (TPSA) is 81.9 Å². The number of anilines is 1. The van der Waals surface area contributed by atoms with Gasteiger partial charge in [0.25, 0.3) is 10.0 Å². The number of hydrogen-bond donors (Lipinski definition) is 0. The number of rotatable bonds is 9. The molecule has 0 aliphatic rings. The molecule has 35 heavy (non-hydrogen) atoms. The Morgan fingerprint density at radius 3 is 2.29 bits per heavy atom. The van der Waals surface area contributed by atoms with Crippen molar-refractivity contribution in [3.63, 3.8) is 0 Å². The molecule has 0 fully saturated rings. The summed E-state index contributed by atoms with van der Waals surface area (Å²) >= 11 is 0. The van der Waals surface area contributed by atoms with Crippen LogP contribution in [-0.4, -0.2) is 27.1 Å². The lowest BCUT2D eigenvalue weighted by Gasteiger charge is -2.25. The van der Waals surface area contributed by atoms with Crippen LogP contribution in [0, 0.1) is 13.8 Å². The van der Waals surface area contributed by atoms with Crippen molar-refractivity contribution < 1.29 is 22.3 Å². The number of para-hydroxylation sites is 2. The Balaban J connectivity index is 1.75. The maximum Gasteiger partial charge on any atom is 0.264 e. The lowest BCUT2D eigenvalue weighted by molar-refractivity contribution is 0.340. The summed E-state index contributed by atoms with van der Waals surface area (Å²) in [5.41, 5.74) is 2.67. The molecule has 0 radical (unpaired) electrons. The fourth-order valence-electron chi connectivity index (χ4n) is 3.67. The molecule has 0 N–H and O–H groups in total. The monoisotopic (exact) mass is 492 g/mol. The summed E-state index contributed by atoms with van der Waals surface area (Å²) in [7, 11) is -2.42. The summed E-state index contributed by atoms with van der Waals surface area (Å²) in [6.07, 6.45) is 0. The Kier molecular flexibility index (Phi) is 7.12. The van der Waals surface area contributed by atoms with Gasteiger partial charge in [-0.25, -0.2) is 13.4 Å². The maximum atomic E-state index is 13.8. The van der Waals surface area contributed by atoms with E-state index in [0.29, 0.717) is 35.4 Å². The van der Waals surface area contributed by atoms with Crippen LogP contribution in [-0.2, 0) is 16.6 Å². The van der Waals surface area contributed by atoms with E-state index in [0.717, 1.165) is 16.9 Å². The Labute approximate surface area is 206 Å². The van der Waals surface area contributed by atoms with Crippen LogP contribution in [0.3, 0.4) is 0 Å². The Bertz CT molecular complexity index is 1390. The highest BCUT2D eigenvalue weighted by Crippen LogP contribution is 2.34. The number of ether oxygens (including phenoxy) is 2. The summed E-state index contributed by atoms with van der Waals surface area (Å²) < 4.78 is 45.8. The molecule has 0 atom stereocenters. The van der Waals surface area contributed by atoms with Crippen LogP contribution in [0.1, 0.15) is 23.9 Å². The molecule has 3 aromatic carbocycles. The zero-order valence-electron chi connectivity index (χ0n) is 20.2. The molecule has 7 nitrogen and oxygen atoms in total. The van der Waals surface area contributed by atoms with E-state index in [-0.39, 0.29) is 11.4 Å². The van der Waals surface area contributed by atoms with E-state index < -0.39 is 10.0 Å². The zero-order valence-corrected chi connectivity index (χ0v) is 21.0. The van der Waals surface area contributed by atoms with Gasteiger partial charge in [-0.3, -0.25) is 4.31 Å². The van der Waals surface area contributed by atoms with Crippen molar-refractivity contribution in [2.24, 2.45) is 0 Å². The predicted molar refractivity (Wildman–Crippen MR) is 135 cm³/mol. The molecule has 1 aromatic heterocycles. The van der Waals surface area contributed by atoms with E-state index in [1.807, 2.05) is 38.1 Å². The smallest absolute Gasteiger partial charge is 0.264 e. The van der Waals surface area contributed by atoms with E-state index in [9.17, 15) is 8.42 Å². The van der Waals surface area contributed by atoms with Gasteiger partial charge in [-0.1, -0.05) is 29.8 Å². The molecule has 0 saturated heterocycles. The summed E-state index contributed by atoms with van der Waals surface area (Å²) in [5.74, 6) is 2.14. The molecule has 0 bridgehead atoms. The van der Waals surface area contributed by atoms with Crippen molar-refractivity contribution in [3.05, 3.63) is 89.8 Å². The molecule has 4 aromatic rings. The second-order valence-corrected chi connectivity index (χ2v) is 9.84. The molecule has 8 heteroatoms. The summed E-state index contributed by atoms with van der Waals surface area (Å²) in [4.78, 5) is 4.83. The van der Waals surface area contributed by atoms with Gasteiger partial charge in [-0.2, -0.15) is 0 Å². The van der Waals surface area contributed by atoms with E-state index in [4.69, 9.17) is 13.9 Å². The van der Waals surface area contributed by atoms with Crippen molar-refractivity contribution >= 4 is 15.7 Å². The van der Waals surface area contributed by atoms with Gasteiger partial charge >= 0.3 is 0 Å². The number of methoxy groups -OCH3 is 1. The minimum Gasteiger partial charge on any atom is -0.495 e. The molecule has 0 aliphatic heterocycles. The van der Waals surface area contributed by atoms with Gasteiger partial charge in [0.05, 0.1) is 30.8 Å². The van der Waals surface area contributed by atoms with Crippen molar-refractivity contribution in [3.8, 4) is 23.0 Å². The standard InChI is InChI=1S/C27H28N2O5S/c1-5-33-22-14-12-21(13-15-22)27-28-24(20(3)34-27)18-29(25-8-6-7-9-26(25)32-4)35(30,31)23-16-10-19(2)11-17-23/h6-17H,5,18H2,1-4H3. The second kappa shape index (κ2) is 10.2. The zero-order chi connectivity index (χ0) is 25.0. The van der Waals surface area contributed by atoms with E-state index >= 15 is 0 Å².